The fraction of sp³-hybridized carbons (Fsp3) is 0.500. The Kier molecular flexibility index (Phi) is 23.7. The standard InChI is InChI=1S/C8H12O.C7H9NO2.C7H10O2.C6H9NO.C5H7NO.C5H4O3.C5H6O3.C5H8O2/c1-2-6-3-4-7-8(5-6)9-7;1-4-5-8-7(2,3)6(9)10-5;1-5-4-7(2,3)9-6(5)8;1-3-6-7-4-5(2)8-6;1-2-5-6-3-4-7-5;1-3-2-4(6)8-5(3)7;1-2-4-3-7-5(6)8-4;1-2-5-6-3-4-7-5/h2,6-8H,1,3-5H2;4H,1H2,2-3H3;1,4H2,2-3H3;3,5H,1,4H2,2H3;2H,1,3-4H2;1-2H2;2,4H,1,3H2;2,5H,1,3-4H2. The van der Waals surface area contributed by atoms with Crippen molar-refractivity contribution in [2.45, 2.75) is 109 Å². The molecule has 0 aromatic rings. The second-order valence-corrected chi connectivity index (χ2v) is 16.0. The molecule has 5 saturated heterocycles. The van der Waals surface area contributed by atoms with Crippen LogP contribution in [0.5, 0.6) is 0 Å². The molecule has 9 rings (SSSR count). The SMILES string of the molecule is C=C1CC(=O)OC1=O.C=C1CC(C)(C)OC1=O.C=CC1=NC(C)(C)C(=O)O1.C=CC1=NCC(C)O1.C=CC1=NCCO1.C=CC1CCC2OC2C1.C=CC1COC(=O)O1.C=CC1OCCO1. The number of esters is 4. The van der Waals surface area contributed by atoms with Crippen molar-refractivity contribution in [1.82, 2.24) is 0 Å². The first-order valence-electron chi connectivity index (χ1n) is 21.2. The number of nitrogens with zero attached hydrogens (tertiary/aromatic N) is 3. The quantitative estimate of drug-likeness (QED) is 0.0670. The van der Waals surface area contributed by atoms with Crippen LogP contribution in [0.3, 0.4) is 0 Å². The fourth-order valence-corrected chi connectivity index (χ4v) is 5.76. The van der Waals surface area contributed by atoms with Gasteiger partial charge in [0, 0.05) is 17.6 Å². The molecule has 18 heteroatoms. The van der Waals surface area contributed by atoms with E-state index in [1.165, 1.54) is 31.4 Å². The summed E-state index contributed by atoms with van der Waals surface area (Å²) in [5, 5.41) is 0. The van der Waals surface area contributed by atoms with E-state index in [9.17, 15) is 24.0 Å². The van der Waals surface area contributed by atoms with Crippen molar-refractivity contribution in [3.05, 3.63) is 100 Å². The molecule has 0 spiro atoms. The molecule has 9 aliphatic rings. The van der Waals surface area contributed by atoms with Crippen LogP contribution in [0, 0.1) is 5.92 Å². The first-order valence-corrected chi connectivity index (χ1v) is 21.2. The summed E-state index contributed by atoms with van der Waals surface area (Å²) >= 11 is 0. The Hall–Kier alpha value is -6.24. The van der Waals surface area contributed by atoms with Crippen LogP contribution in [-0.2, 0) is 66.5 Å². The Morgan fingerprint density at radius 2 is 1.36 bits per heavy atom. The van der Waals surface area contributed by atoms with Gasteiger partial charge < -0.3 is 47.4 Å². The molecule has 66 heavy (non-hydrogen) atoms. The minimum Gasteiger partial charge on any atom is -0.476 e. The smallest absolute Gasteiger partial charge is 0.476 e. The van der Waals surface area contributed by atoms with Crippen LogP contribution in [0.1, 0.15) is 66.7 Å². The van der Waals surface area contributed by atoms with Gasteiger partial charge in [0.2, 0.25) is 17.7 Å². The minimum absolute atomic E-state index is 0.0544. The summed E-state index contributed by atoms with van der Waals surface area (Å²) in [4.78, 5) is 64.0. The first kappa shape index (κ1) is 55.9. The van der Waals surface area contributed by atoms with Crippen molar-refractivity contribution in [3.63, 3.8) is 0 Å². The summed E-state index contributed by atoms with van der Waals surface area (Å²) in [7, 11) is 0. The van der Waals surface area contributed by atoms with Gasteiger partial charge in [0.05, 0.1) is 44.9 Å². The van der Waals surface area contributed by atoms with Crippen molar-refractivity contribution >= 4 is 47.7 Å². The molecular weight excluding hydrogens is 859 g/mol. The first-order chi connectivity index (χ1) is 31.2. The molecule has 8 aliphatic heterocycles. The van der Waals surface area contributed by atoms with Crippen molar-refractivity contribution in [3.8, 4) is 0 Å². The molecule has 0 bridgehead atoms. The number of fused-ring (bicyclic) bond motifs is 1. The van der Waals surface area contributed by atoms with Crippen molar-refractivity contribution in [2.75, 3.05) is 39.5 Å². The van der Waals surface area contributed by atoms with Crippen molar-refractivity contribution in [1.29, 1.82) is 0 Å². The highest BCUT2D eigenvalue weighted by molar-refractivity contribution is 6.05. The van der Waals surface area contributed by atoms with Gasteiger partial charge in [0.15, 0.2) is 17.9 Å². The van der Waals surface area contributed by atoms with E-state index in [1.54, 1.807) is 32.1 Å². The highest BCUT2D eigenvalue weighted by Gasteiger charge is 2.43. The molecule has 1 aliphatic carbocycles. The van der Waals surface area contributed by atoms with Gasteiger partial charge in [-0.15, -0.1) is 6.58 Å². The van der Waals surface area contributed by atoms with Crippen LogP contribution >= 0.6 is 0 Å². The second-order valence-electron chi connectivity index (χ2n) is 16.0. The Morgan fingerprint density at radius 3 is 1.64 bits per heavy atom. The average molecular weight is 924 g/mol. The maximum absolute atomic E-state index is 10.9. The van der Waals surface area contributed by atoms with E-state index < -0.39 is 23.6 Å². The molecule has 6 fully saturated rings. The Bertz CT molecular complexity index is 1870. The summed E-state index contributed by atoms with van der Waals surface area (Å²) in [5.41, 5.74) is -0.201. The number of cyclic esters (lactones) is 6. The van der Waals surface area contributed by atoms with E-state index in [0.29, 0.717) is 61.7 Å². The zero-order valence-corrected chi connectivity index (χ0v) is 38.8. The summed E-state index contributed by atoms with van der Waals surface area (Å²) < 4.78 is 48.1. The number of aliphatic imine (C=N–C) groups is 3. The second kappa shape index (κ2) is 27.9. The topological polar surface area (TPSA) is 218 Å². The van der Waals surface area contributed by atoms with E-state index in [1.807, 2.05) is 20.8 Å². The highest BCUT2D eigenvalue weighted by atomic mass is 16.8. The molecule has 0 aromatic carbocycles. The fourth-order valence-electron chi connectivity index (χ4n) is 5.76. The molecule has 0 aromatic heterocycles. The summed E-state index contributed by atoms with van der Waals surface area (Å²) in [6, 6.07) is 0. The maximum Gasteiger partial charge on any atom is 0.509 e. The van der Waals surface area contributed by atoms with Gasteiger partial charge in [0.1, 0.15) is 24.9 Å². The minimum atomic E-state index is -0.719. The third-order valence-corrected chi connectivity index (χ3v) is 9.29. The average Bonchev–Trinajstić information content (AvgIpc) is 4.05. The molecule has 5 unspecified atom stereocenters. The third-order valence-electron chi connectivity index (χ3n) is 9.29. The van der Waals surface area contributed by atoms with Gasteiger partial charge >= 0.3 is 30.0 Å². The van der Waals surface area contributed by atoms with Crippen molar-refractivity contribution < 1.29 is 71.3 Å². The van der Waals surface area contributed by atoms with E-state index in [4.69, 9.17) is 33.2 Å². The number of ether oxygens (including phenoxy) is 10. The van der Waals surface area contributed by atoms with Crippen LogP contribution in [-0.4, -0.2) is 129 Å². The lowest BCUT2D eigenvalue weighted by Crippen LogP contribution is -2.25. The number of rotatable bonds is 6. The molecule has 362 valence electrons. The van der Waals surface area contributed by atoms with Gasteiger partial charge in [-0.2, -0.15) is 0 Å². The lowest BCUT2D eigenvalue weighted by Gasteiger charge is -2.13. The molecule has 5 atom stereocenters. The zero-order valence-electron chi connectivity index (χ0n) is 38.8. The molecule has 8 heterocycles. The third kappa shape index (κ3) is 21.2. The largest absolute Gasteiger partial charge is 0.509 e. The predicted octanol–water partition coefficient (Wildman–Crippen LogP) is 6.77. The molecule has 0 N–H and O–H groups in total. The van der Waals surface area contributed by atoms with Crippen LogP contribution in [0.15, 0.2) is 115 Å². The Balaban J connectivity index is 0.000000260. The van der Waals surface area contributed by atoms with Crippen LogP contribution in [0.4, 0.5) is 4.79 Å². The number of hydrogen-bond donors (Lipinski definition) is 0. The number of hydrogen-bond acceptors (Lipinski definition) is 18. The highest BCUT2D eigenvalue weighted by Crippen LogP contribution is 2.39. The van der Waals surface area contributed by atoms with E-state index in [-0.39, 0.29) is 48.0 Å². The Morgan fingerprint density at radius 1 is 0.697 bits per heavy atom. The van der Waals surface area contributed by atoms with Crippen LogP contribution in [0.2, 0.25) is 0 Å². The molecular formula is C48H65N3O15. The summed E-state index contributed by atoms with van der Waals surface area (Å²) in [6.45, 7) is 41.1. The van der Waals surface area contributed by atoms with Gasteiger partial charge in [-0.1, -0.05) is 52.1 Å². The monoisotopic (exact) mass is 923 g/mol. The molecule has 18 nitrogen and oxygen atoms in total. The van der Waals surface area contributed by atoms with Gasteiger partial charge in [-0.25, -0.2) is 34.2 Å². The lowest BCUT2D eigenvalue weighted by molar-refractivity contribution is -0.151. The van der Waals surface area contributed by atoms with Crippen LogP contribution < -0.4 is 0 Å². The number of allylic oxidation sites excluding steroid dienone is 1. The molecule has 0 amide bonds. The van der Waals surface area contributed by atoms with Crippen LogP contribution in [0.25, 0.3) is 0 Å². The molecule has 0 radical (unpaired) electrons. The van der Waals surface area contributed by atoms with Gasteiger partial charge in [-0.05, 0) is 90.2 Å². The zero-order chi connectivity index (χ0) is 49.5. The predicted molar refractivity (Wildman–Crippen MR) is 247 cm³/mol. The number of epoxide rings is 1. The normalized spacial score (nSPS) is 26.2. The lowest BCUT2D eigenvalue weighted by atomic mass is 9.90. The molecule has 1 saturated carbocycles. The number of carbonyl (C=O) groups is 5. The van der Waals surface area contributed by atoms with Gasteiger partial charge in [-0.3, -0.25) is 4.79 Å². The van der Waals surface area contributed by atoms with Gasteiger partial charge in [0.25, 0.3) is 0 Å². The Labute approximate surface area is 387 Å². The summed E-state index contributed by atoms with van der Waals surface area (Å²) in [6.07, 6.45) is 15.0. The maximum atomic E-state index is 10.9. The van der Waals surface area contributed by atoms with E-state index in [2.05, 4.69) is 87.9 Å². The van der Waals surface area contributed by atoms with E-state index >= 15 is 0 Å². The number of carbonyl (C=O) groups excluding carboxylic acids is 5. The van der Waals surface area contributed by atoms with E-state index in [0.717, 1.165) is 25.6 Å². The summed E-state index contributed by atoms with van der Waals surface area (Å²) in [5.74, 6) is 0.763. The van der Waals surface area contributed by atoms with Crippen molar-refractivity contribution in [2.24, 2.45) is 20.9 Å².